The van der Waals surface area contributed by atoms with Crippen LogP contribution in [0.5, 0.6) is 0 Å². The van der Waals surface area contributed by atoms with E-state index >= 15 is 0 Å². The molecule has 0 aliphatic heterocycles. The summed E-state index contributed by atoms with van der Waals surface area (Å²) in [5.74, 6) is -0.896. The summed E-state index contributed by atoms with van der Waals surface area (Å²) in [5.41, 5.74) is 0. The molecular formula is C51H90O6. The first-order chi connectivity index (χ1) is 28.0. The number of unbranched alkanes of at least 4 members (excludes halogenated alkanes) is 24. The van der Waals surface area contributed by atoms with E-state index in [-0.39, 0.29) is 31.1 Å². The third kappa shape index (κ3) is 44.3. The highest BCUT2D eigenvalue weighted by molar-refractivity contribution is 5.71. The van der Waals surface area contributed by atoms with Crippen LogP contribution in [0.3, 0.4) is 0 Å². The third-order valence-electron chi connectivity index (χ3n) is 10.3. The molecule has 6 heteroatoms. The zero-order valence-corrected chi connectivity index (χ0v) is 37.6. The number of hydrogen-bond donors (Lipinski definition) is 0. The van der Waals surface area contributed by atoms with Crippen molar-refractivity contribution in [2.45, 2.75) is 245 Å². The second-order valence-corrected chi connectivity index (χ2v) is 16.0. The molecule has 0 rings (SSSR count). The molecule has 0 amide bonds. The Morgan fingerprint density at radius 1 is 0.368 bits per heavy atom. The number of rotatable bonds is 43. The Labute approximate surface area is 352 Å². The molecule has 0 aliphatic carbocycles. The molecule has 1 atom stereocenters. The minimum Gasteiger partial charge on any atom is -0.462 e. The van der Waals surface area contributed by atoms with Gasteiger partial charge in [0.2, 0.25) is 0 Å². The molecule has 1 unspecified atom stereocenters. The number of hydrogen-bond acceptors (Lipinski definition) is 6. The SMILES string of the molecule is CC/C=C\C/C=C\C/C=C\CCCCCCCCCC(=O)OCC(COC(=O)CCCCCCCCCCCC)OC(=O)CCCCCCC/C=C\CCCCC. The summed E-state index contributed by atoms with van der Waals surface area (Å²) in [6.07, 6.45) is 53.8. The molecule has 0 saturated carbocycles. The number of esters is 3. The van der Waals surface area contributed by atoms with Crippen LogP contribution in [0.1, 0.15) is 239 Å². The standard InChI is InChI=1S/C51H90O6/c1-4-7-10-13-16-19-22-24-25-26-27-28-30-32-35-38-41-44-50(53)56-47-48(46-55-49(52)43-40-37-34-31-21-18-15-12-9-6-3)57-51(54)45-42-39-36-33-29-23-20-17-14-11-8-5-2/h7,10,16-17,19-20,24-25,48H,4-6,8-9,11-15,18,21-23,26-47H2,1-3H3/b10-7-,19-16-,20-17-,25-24-. The predicted octanol–water partition coefficient (Wildman–Crippen LogP) is 15.5. The lowest BCUT2D eigenvalue weighted by atomic mass is 10.1. The second-order valence-electron chi connectivity index (χ2n) is 16.0. The maximum Gasteiger partial charge on any atom is 0.306 e. The molecule has 0 aromatic carbocycles. The first-order valence-electron chi connectivity index (χ1n) is 24.1. The summed E-state index contributed by atoms with van der Waals surface area (Å²) in [4.78, 5) is 37.8. The first-order valence-corrected chi connectivity index (χ1v) is 24.1. The lowest BCUT2D eigenvalue weighted by molar-refractivity contribution is -0.167. The van der Waals surface area contributed by atoms with Gasteiger partial charge in [-0.3, -0.25) is 14.4 Å². The molecule has 57 heavy (non-hydrogen) atoms. The number of carbonyl (C=O) groups is 3. The molecule has 0 fully saturated rings. The summed E-state index contributed by atoms with van der Waals surface area (Å²) in [6, 6.07) is 0. The van der Waals surface area contributed by atoms with Crippen molar-refractivity contribution in [3.05, 3.63) is 48.6 Å². The zero-order valence-electron chi connectivity index (χ0n) is 37.6. The largest absolute Gasteiger partial charge is 0.462 e. The summed E-state index contributed by atoms with van der Waals surface area (Å²) in [5, 5.41) is 0. The van der Waals surface area contributed by atoms with E-state index in [0.717, 1.165) is 96.3 Å². The number of ether oxygens (including phenoxy) is 3. The van der Waals surface area contributed by atoms with Crippen molar-refractivity contribution in [1.82, 2.24) is 0 Å². The van der Waals surface area contributed by atoms with E-state index in [1.807, 2.05) is 0 Å². The van der Waals surface area contributed by atoms with Crippen molar-refractivity contribution >= 4 is 17.9 Å². The molecule has 0 aromatic rings. The molecule has 330 valence electrons. The van der Waals surface area contributed by atoms with Gasteiger partial charge in [0.1, 0.15) is 13.2 Å². The van der Waals surface area contributed by atoms with Crippen LogP contribution in [0.4, 0.5) is 0 Å². The lowest BCUT2D eigenvalue weighted by Gasteiger charge is -2.18. The Hall–Kier alpha value is -2.63. The van der Waals surface area contributed by atoms with Gasteiger partial charge in [-0.25, -0.2) is 0 Å². The van der Waals surface area contributed by atoms with E-state index in [4.69, 9.17) is 14.2 Å². The summed E-state index contributed by atoms with van der Waals surface area (Å²) < 4.78 is 16.7. The number of carbonyl (C=O) groups excluding carboxylic acids is 3. The van der Waals surface area contributed by atoms with Crippen molar-refractivity contribution in [3.63, 3.8) is 0 Å². The van der Waals surface area contributed by atoms with Gasteiger partial charge in [-0.2, -0.15) is 0 Å². The second kappa shape index (κ2) is 46.1. The molecule has 0 aliphatic rings. The molecule has 0 saturated heterocycles. The maximum absolute atomic E-state index is 12.7. The molecule has 0 aromatic heterocycles. The van der Waals surface area contributed by atoms with Crippen LogP contribution in [0, 0.1) is 0 Å². The highest BCUT2D eigenvalue weighted by Gasteiger charge is 2.19. The summed E-state index contributed by atoms with van der Waals surface area (Å²) >= 11 is 0. The van der Waals surface area contributed by atoms with E-state index in [9.17, 15) is 14.4 Å². The van der Waals surface area contributed by atoms with E-state index in [1.165, 1.54) is 103 Å². The van der Waals surface area contributed by atoms with Gasteiger partial charge < -0.3 is 14.2 Å². The fourth-order valence-electron chi connectivity index (χ4n) is 6.69. The van der Waals surface area contributed by atoms with Gasteiger partial charge >= 0.3 is 17.9 Å². The molecule has 0 heterocycles. The lowest BCUT2D eigenvalue weighted by Crippen LogP contribution is -2.30. The van der Waals surface area contributed by atoms with Crippen LogP contribution in [0.25, 0.3) is 0 Å². The van der Waals surface area contributed by atoms with E-state index in [0.29, 0.717) is 19.3 Å². The Morgan fingerprint density at radius 2 is 0.684 bits per heavy atom. The Morgan fingerprint density at radius 3 is 1.12 bits per heavy atom. The smallest absolute Gasteiger partial charge is 0.306 e. The summed E-state index contributed by atoms with van der Waals surface area (Å²) in [7, 11) is 0. The van der Waals surface area contributed by atoms with Gasteiger partial charge in [0.25, 0.3) is 0 Å². The van der Waals surface area contributed by atoms with Crippen molar-refractivity contribution < 1.29 is 28.6 Å². The average molecular weight is 799 g/mol. The third-order valence-corrected chi connectivity index (χ3v) is 10.3. The minimum atomic E-state index is -0.776. The normalized spacial score (nSPS) is 12.4. The topological polar surface area (TPSA) is 78.9 Å². The van der Waals surface area contributed by atoms with Gasteiger partial charge in [0.15, 0.2) is 6.10 Å². The molecule has 0 spiro atoms. The zero-order chi connectivity index (χ0) is 41.5. The molecule has 0 radical (unpaired) electrons. The van der Waals surface area contributed by atoms with Gasteiger partial charge in [0, 0.05) is 19.3 Å². The quantitative estimate of drug-likeness (QED) is 0.0265. The fraction of sp³-hybridized carbons (Fsp3) is 0.784. The fourth-order valence-corrected chi connectivity index (χ4v) is 6.69. The van der Waals surface area contributed by atoms with Gasteiger partial charge in [-0.1, -0.05) is 191 Å². The van der Waals surface area contributed by atoms with Crippen LogP contribution in [-0.2, 0) is 28.6 Å². The molecule has 0 N–H and O–H groups in total. The van der Waals surface area contributed by atoms with Crippen LogP contribution in [0.15, 0.2) is 48.6 Å². The van der Waals surface area contributed by atoms with Crippen molar-refractivity contribution in [1.29, 1.82) is 0 Å². The minimum absolute atomic E-state index is 0.0780. The van der Waals surface area contributed by atoms with Crippen LogP contribution in [0.2, 0.25) is 0 Å². The Kier molecular flexibility index (Phi) is 43.9. The summed E-state index contributed by atoms with van der Waals surface area (Å²) in [6.45, 7) is 6.47. The van der Waals surface area contributed by atoms with Crippen molar-refractivity contribution in [3.8, 4) is 0 Å². The van der Waals surface area contributed by atoms with E-state index in [2.05, 4.69) is 69.4 Å². The van der Waals surface area contributed by atoms with Crippen LogP contribution in [-0.4, -0.2) is 37.2 Å². The van der Waals surface area contributed by atoms with Gasteiger partial charge in [-0.05, 0) is 77.0 Å². The van der Waals surface area contributed by atoms with Gasteiger partial charge in [0.05, 0.1) is 0 Å². The monoisotopic (exact) mass is 799 g/mol. The van der Waals surface area contributed by atoms with Gasteiger partial charge in [-0.15, -0.1) is 0 Å². The maximum atomic E-state index is 12.7. The number of allylic oxidation sites excluding steroid dienone is 8. The van der Waals surface area contributed by atoms with Crippen molar-refractivity contribution in [2.75, 3.05) is 13.2 Å². The Bertz CT molecular complexity index is 1010. The molecule has 0 bridgehead atoms. The van der Waals surface area contributed by atoms with E-state index in [1.54, 1.807) is 0 Å². The molecule has 6 nitrogen and oxygen atoms in total. The highest BCUT2D eigenvalue weighted by Crippen LogP contribution is 2.14. The molecular weight excluding hydrogens is 709 g/mol. The van der Waals surface area contributed by atoms with E-state index < -0.39 is 6.10 Å². The van der Waals surface area contributed by atoms with Crippen LogP contribution < -0.4 is 0 Å². The van der Waals surface area contributed by atoms with Crippen LogP contribution >= 0.6 is 0 Å². The average Bonchev–Trinajstić information content (AvgIpc) is 3.21. The highest BCUT2D eigenvalue weighted by atomic mass is 16.6. The first kappa shape index (κ1) is 54.4. The Balaban J connectivity index is 4.35. The predicted molar refractivity (Wildman–Crippen MR) is 242 cm³/mol. The van der Waals surface area contributed by atoms with Crippen molar-refractivity contribution in [2.24, 2.45) is 0 Å².